The Morgan fingerprint density at radius 1 is 1.28 bits per heavy atom. The highest BCUT2D eigenvalue weighted by atomic mass is 35.5. The van der Waals surface area contributed by atoms with Crippen molar-refractivity contribution >= 4 is 18.3 Å². The summed E-state index contributed by atoms with van der Waals surface area (Å²) in [5, 5.41) is 3.22. The lowest BCUT2D eigenvalue weighted by Crippen LogP contribution is -2.50. The van der Waals surface area contributed by atoms with Crippen molar-refractivity contribution in [2.24, 2.45) is 0 Å². The fraction of sp³-hybridized carbons (Fsp3) is 0.462. The van der Waals surface area contributed by atoms with E-state index in [2.05, 4.69) is 5.32 Å². The van der Waals surface area contributed by atoms with Gasteiger partial charge in [-0.25, -0.2) is 0 Å². The van der Waals surface area contributed by atoms with Gasteiger partial charge in [0.15, 0.2) is 6.10 Å². The molecular formula is C13H19ClN2O2. The Morgan fingerprint density at radius 3 is 2.50 bits per heavy atom. The summed E-state index contributed by atoms with van der Waals surface area (Å²) in [6, 6.07) is 9.45. The van der Waals surface area contributed by atoms with Crippen molar-refractivity contribution in [3.05, 3.63) is 30.3 Å². The number of halogens is 1. The van der Waals surface area contributed by atoms with Crippen LogP contribution >= 0.6 is 12.4 Å². The Bertz CT molecular complexity index is 367. The molecular weight excluding hydrogens is 252 g/mol. The molecule has 1 atom stereocenters. The van der Waals surface area contributed by atoms with Crippen molar-refractivity contribution in [2.45, 2.75) is 13.0 Å². The number of amides is 1. The molecule has 0 bridgehead atoms. The molecule has 0 radical (unpaired) electrons. The number of benzene rings is 1. The van der Waals surface area contributed by atoms with E-state index in [1.807, 2.05) is 35.2 Å². The zero-order valence-corrected chi connectivity index (χ0v) is 11.3. The topological polar surface area (TPSA) is 41.6 Å². The van der Waals surface area contributed by atoms with Crippen LogP contribution in [-0.4, -0.2) is 43.1 Å². The highest BCUT2D eigenvalue weighted by Crippen LogP contribution is 2.12. The summed E-state index contributed by atoms with van der Waals surface area (Å²) < 4.78 is 5.62. The molecule has 0 spiro atoms. The summed E-state index contributed by atoms with van der Waals surface area (Å²) in [5.41, 5.74) is 0. The molecule has 1 unspecified atom stereocenters. The first-order valence-electron chi connectivity index (χ1n) is 5.98. The average Bonchev–Trinajstić information content (AvgIpc) is 2.40. The molecule has 0 aromatic heterocycles. The molecule has 1 aromatic carbocycles. The van der Waals surface area contributed by atoms with E-state index in [0.717, 1.165) is 31.9 Å². The molecule has 5 heteroatoms. The second-order valence-electron chi connectivity index (χ2n) is 4.15. The number of hydrogen-bond donors (Lipinski definition) is 1. The fourth-order valence-corrected chi connectivity index (χ4v) is 1.90. The lowest BCUT2D eigenvalue weighted by molar-refractivity contribution is -0.138. The molecule has 1 aliphatic heterocycles. The lowest BCUT2D eigenvalue weighted by atomic mass is 10.3. The number of ether oxygens (including phenoxy) is 1. The van der Waals surface area contributed by atoms with E-state index < -0.39 is 6.10 Å². The normalized spacial score (nSPS) is 16.6. The predicted octanol–water partition coefficient (Wildman–Crippen LogP) is 1.31. The smallest absolute Gasteiger partial charge is 0.263 e. The van der Waals surface area contributed by atoms with E-state index in [1.165, 1.54) is 0 Å². The molecule has 1 amide bonds. The third-order valence-electron chi connectivity index (χ3n) is 2.83. The first-order valence-corrected chi connectivity index (χ1v) is 5.98. The maximum absolute atomic E-state index is 12.1. The molecule has 0 aliphatic carbocycles. The summed E-state index contributed by atoms with van der Waals surface area (Å²) >= 11 is 0. The number of rotatable bonds is 3. The van der Waals surface area contributed by atoms with Gasteiger partial charge >= 0.3 is 0 Å². The van der Waals surface area contributed by atoms with E-state index in [4.69, 9.17) is 4.74 Å². The van der Waals surface area contributed by atoms with Crippen LogP contribution in [0.1, 0.15) is 6.92 Å². The number of carbonyl (C=O) groups excluding carboxylic acids is 1. The van der Waals surface area contributed by atoms with Crippen molar-refractivity contribution in [2.75, 3.05) is 26.2 Å². The zero-order valence-electron chi connectivity index (χ0n) is 10.5. The van der Waals surface area contributed by atoms with Crippen LogP contribution in [0.15, 0.2) is 30.3 Å². The SMILES string of the molecule is CC(Oc1ccccc1)C(=O)N1CCNCC1.Cl. The highest BCUT2D eigenvalue weighted by molar-refractivity contribution is 5.85. The largest absolute Gasteiger partial charge is 0.481 e. The van der Waals surface area contributed by atoms with Crippen LogP contribution in [0.4, 0.5) is 0 Å². The van der Waals surface area contributed by atoms with E-state index in [-0.39, 0.29) is 18.3 Å². The maximum atomic E-state index is 12.1. The van der Waals surface area contributed by atoms with Gasteiger partial charge in [-0.1, -0.05) is 18.2 Å². The molecule has 1 fully saturated rings. The van der Waals surface area contributed by atoms with Gasteiger partial charge in [0.25, 0.3) is 5.91 Å². The number of carbonyl (C=O) groups is 1. The highest BCUT2D eigenvalue weighted by Gasteiger charge is 2.23. The molecule has 0 saturated carbocycles. The van der Waals surface area contributed by atoms with Crippen molar-refractivity contribution in [3.8, 4) is 5.75 Å². The predicted molar refractivity (Wildman–Crippen MR) is 73.2 cm³/mol. The quantitative estimate of drug-likeness (QED) is 0.900. The Labute approximate surface area is 114 Å². The summed E-state index contributed by atoms with van der Waals surface area (Å²) in [7, 11) is 0. The van der Waals surface area contributed by atoms with E-state index in [0.29, 0.717) is 0 Å². The molecule has 100 valence electrons. The first kappa shape index (κ1) is 14.8. The van der Waals surface area contributed by atoms with Gasteiger partial charge in [0.05, 0.1) is 0 Å². The van der Waals surface area contributed by atoms with Crippen LogP contribution in [0.3, 0.4) is 0 Å². The van der Waals surface area contributed by atoms with Crippen LogP contribution in [-0.2, 0) is 4.79 Å². The minimum atomic E-state index is -0.421. The minimum Gasteiger partial charge on any atom is -0.481 e. The Hall–Kier alpha value is -1.26. The summed E-state index contributed by atoms with van der Waals surface area (Å²) in [4.78, 5) is 13.9. The molecule has 1 aromatic rings. The standard InChI is InChI=1S/C13H18N2O2.ClH/c1-11(17-12-5-3-2-4-6-12)13(16)15-9-7-14-8-10-15;/h2-6,11,14H,7-10H2,1H3;1H. The van der Waals surface area contributed by atoms with Crippen LogP contribution in [0.5, 0.6) is 5.75 Å². The van der Waals surface area contributed by atoms with Crippen molar-refractivity contribution in [1.29, 1.82) is 0 Å². The Morgan fingerprint density at radius 2 is 1.89 bits per heavy atom. The number of nitrogens with zero attached hydrogens (tertiary/aromatic N) is 1. The van der Waals surface area contributed by atoms with Crippen molar-refractivity contribution in [1.82, 2.24) is 10.2 Å². The van der Waals surface area contributed by atoms with Crippen molar-refractivity contribution in [3.63, 3.8) is 0 Å². The van der Waals surface area contributed by atoms with Crippen LogP contribution in [0.2, 0.25) is 0 Å². The van der Waals surface area contributed by atoms with Gasteiger partial charge in [-0.3, -0.25) is 4.79 Å². The average molecular weight is 271 g/mol. The van der Waals surface area contributed by atoms with Crippen LogP contribution < -0.4 is 10.1 Å². The van der Waals surface area contributed by atoms with Crippen molar-refractivity contribution < 1.29 is 9.53 Å². The summed E-state index contributed by atoms with van der Waals surface area (Å²) in [5.74, 6) is 0.804. The van der Waals surface area contributed by atoms with E-state index >= 15 is 0 Å². The third kappa shape index (κ3) is 3.89. The maximum Gasteiger partial charge on any atom is 0.263 e. The van der Waals surface area contributed by atoms with E-state index in [1.54, 1.807) is 6.92 Å². The van der Waals surface area contributed by atoms with E-state index in [9.17, 15) is 4.79 Å². The minimum absolute atomic E-state index is 0. The first-order chi connectivity index (χ1) is 8.27. The number of nitrogens with one attached hydrogen (secondary N) is 1. The van der Waals surface area contributed by atoms with Gasteiger partial charge in [0, 0.05) is 26.2 Å². The summed E-state index contributed by atoms with van der Waals surface area (Å²) in [6.45, 7) is 5.06. The number of piperazine rings is 1. The second-order valence-corrected chi connectivity index (χ2v) is 4.15. The third-order valence-corrected chi connectivity index (χ3v) is 2.83. The summed E-state index contributed by atoms with van der Waals surface area (Å²) in [6.07, 6.45) is -0.421. The van der Waals surface area contributed by atoms with Gasteiger partial charge in [0.1, 0.15) is 5.75 Å². The van der Waals surface area contributed by atoms with Gasteiger partial charge in [-0.15, -0.1) is 12.4 Å². The van der Waals surface area contributed by atoms with Gasteiger partial charge in [-0.05, 0) is 19.1 Å². The molecule has 1 N–H and O–H groups in total. The van der Waals surface area contributed by atoms with Crippen LogP contribution in [0.25, 0.3) is 0 Å². The van der Waals surface area contributed by atoms with Crippen LogP contribution in [0, 0.1) is 0 Å². The number of hydrogen-bond acceptors (Lipinski definition) is 3. The number of para-hydroxylation sites is 1. The fourth-order valence-electron chi connectivity index (χ4n) is 1.90. The molecule has 1 heterocycles. The van der Waals surface area contributed by atoms with Gasteiger partial charge < -0.3 is 15.0 Å². The molecule has 4 nitrogen and oxygen atoms in total. The monoisotopic (exact) mass is 270 g/mol. The zero-order chi connectivity index (χ0) is 12.1. The van der Waals surface area contributed by atoms with Gasteiger partial charge in [-0.2, -0.15) is 0 Å². The second kappa shape index (κ2) is 7.24. The molecule has 2 rings (SSSR count). The molecule has 1 saturated heterocycles. The Kier molecular flexibility index (Phi) is 5.95. The van der Waals surface area contributed by atoms with Gasteiger partial charge in [0.2, 0.25) is 0 Å². The molecule has 1 aliphatic rings. The lowest BCUT2D eigenvalue weighted by Gasteiger charge is -2.29. The Balaban J connectivity index is 0.00000162. The molecule has 18 heavy (non-hydrogen) atoms.